The number of hydrogen-bond donors (Lipinski definition) is 2. The molecule has 0 spiro atoms. The average molecular weight is 356 g/mol. The number of benzene rings is 1. The van der Waals surface area contributed by atoms with Gasteiger partial charge in [-0.05, 0) is 43.2 Å². The first-order valence-electron chi connectivity index (χ1n) is 7.80. The molecule has 3 N–H and O–H groups in total. The van der Waals surface area contributed by atoms with E-state index in [9.17, 15) is 4.79 Å². The lowest BCUT2D eigenvalue weighted by atomic mass is 10.1. The van der Waals surface area contributed by atoms with Crippen molar-refractivity contribution >= 4 is 23.2 Å². The topological polar surface area (TPSA) is 85.8 Å². The minimum Gasteiger partial charge on any atom is -0.322 e. The second-order valence-electron chi connectivity index (χ2n) is 5.69. The molecule has 0 saturated carbocycles. The first-order valence-corrected chi connectivity index (χ1v) is 8.18. The lowest BCUT2D eigenvalue weighted by Crippen LogP contribution is -2.37. The monoisotopic (exact) mass is 355 g/mol. The number of carbonyl (C=O) groups is 1. The summed E-state index contributed by atoms with van der Waals surface area (Å²) < 4.78 is 1.74. The van der Waals surface area contributed by atoms with Crippen molar-refractivity contribution < 1.29 is 4.79 Å². The zero-order valence-corrected chi connectivity index (χ0v) is 14.4. The van der Waals surface area contributed by atoms with Crippen molar-refractivity contribution in [3.8, 4) is 5.69 Å². The van der Waals surface area contributed by atoms with Crippen LogP contribution in [0.1, 0.15) is 11.3 Å². The van der Waals surface area contributed by atoms with E-state index in [1.165, 1.54) is 0 Å². The number of aromatic nitrogens is 3. The van der Waals surface area contributed by atoms with Gasteiger partial charge in [0.05, 0.1) is 29.3 Å². The molecule has 0 saturated heterocycles. The molecule has 0 fully saturated rings. The normalized spacial score (nSPS) is 12.0. The first-order chi connectivity index (χ1) is 12.0. The van der Waals surface area contributed by atoms with Crippen LogP contribution in [0.25, 0.3) is 5.69 Å². The van der Waals surface area contributed by atoms with Crippen LogP contribution in [-0.2, 0) is 11.2 Å². The van der Waals surface area contributed by atoms with E-state index in [1.807, 2.05) is 31.2 Å². The molecule has 1 aromatic carbocycles. The highest BCUT2D eigenvalue weighted by Crippen LogP contribution is 2.18. The number of rotatable bonds is 5. The van der Waals surface area contributed by atoms with E-state index in [0.717, 1.165) is 16.9 Å². The number of hydrogen-bond acceptors (Lipinski definition) is 4. The van der Waals surface area contributed by atoms with Crippen molar-refractivity contribution in [1.82, 2.24) is 14.8 Å². The summed E-state index contributed by atoms with van der Waals surface area (Å²) in [7, 11) is 0. The van der Waals surface area contributed by atoms with Crippen molar-refractivity contribution in [3.05, 3.63) is 71.3 Å². The van der Waals surface area contributed by atoms with Gasteiger partial charge in [-0.1, -0.05) is 23.7 Å². The van der Waals surface area contributed by atoms with Crippen LogP contribution in [-0.4, -0.2) is 26.7 Å². The molecule has 7 heteroatoms. The number of anilines is 1. The fraction of sp³-hybridized carbons (Fsp3) is 0.167. The third kappa shape index (κ3) is 4.04. The Labute approximate surface area is 150 Å². The Morgan fingerprint density at radius 2 is 1.92 bits per heavy atom. The minimum absolute atomic E-state index is 0.257. The standard InChI is InChI=1S/C18H18ClN5O/c1-12-17(11-22-24(12)15-6-8-21-9-7-15)23-18(25)16(20)10-13-2-4-14(19)5-3-13/h2-9,11,16H,10,20H2,1H3,(H,23,25)/t16-/m0/s1. The Morgan fingerprint density at radius 3 is 2.60 bits per heavy atom. The number of amides is 1. The average Bonchev–Trinajstić information content (AvgIpc) is 2.98. The van der Waals surface area contributed by atoms with E-state index in [0.29, 0.717) is 17.1 Å². The van der Waals surface area contributed by atoms with Crippen LogP contribution in [0.15, 0.2) is 55.0 Å². The second-order valence-corrected chi connectivity index (χ2v) is 6.12. The maximum Gasteiger partial charge on any atom is 0.241 e. The van der Waals surface area contributed by atoms with E-state index in [2.05, 4.69) is 15.4 Å². The highest BCUT2D eigenvalue weighted by molar-refractivity contribution is 6.30. The highest BCUT2D eigenvalue weighted by atomic mass is 35.5. The summed E-state index contributed by atoms with van der Waals surface area (Å²) >= 11 is 5.86. The Bertz CT molecular complexity index is 861. The molecule has 25 heavy (non-hydrogen) atoms. The van der Waals surface area contributed by atoms with Gasteiger partial charge in [-0.3, -0.25) is 9.78 Å². The molecular formula is C18H18ClN5O. The highest BCUT2D eigenvalue weighted by Gasteiger charge is 2.17. The predicted octanol–water partition coefficient (Wildman–Crippen LogP) is 2.74. The third-order valence-corrected chi connectivity index (χ3v) is 4.13. The van der Waals surface area contributed by atoms with Gasteiger partial charge in [-0.2, -0.15) is 5.10 Å². The molecule has 3 aromatic rings. The lowest BCUT2D eigenvalue weighted by molar-refractivity contribution is -0.117. The van der Waals surface area contributed by atoms with Gasteiger partial charge in [0.25, 0.3) is 0 Å². The van der Waals surface area contributed by atoms with E-state index >= 15 is 0 Å². The van der Waals surface area contributed by atoms with Crippen LogP contribution >= 0.6 is 11.6 Å². The Kier molecular flexibility index (Phi) is 5.11. The van der Waals surface area contributed by atoms with Crippen LogP contribution in [0.5, 0.6) is 0 Å². The van der Waals surface area contributed by atoms with Crippen LogP contribution in [0.2, 0.25) is 5.02 Å². The van der Waals surface area contributed by atoms with Crippen molar-refractivity contribution in [2.45, 2.75) is 19.4 Å². The summed E-state index contributed by atoms with van der Waals surface area (Å²) in [6, 6.07) is 10.3. The number of carbonyl (C=O) groups excluding carboxylic acids is 1. The molecule has 0 aliphatic rings. The summed E-state index contributed by atoms with van der Waals surface area (Å²) in [5, 5.41) is 7.81. The smallest absolute Gasteiger partial charge is 0.241 e. The van der Waals surface area contributed by atoms with Gasteiger partial charge < -0.3 is 11.1 Å². The number of pyridine rings is 1. The summed E-state index contributed by atoms with van der Waals surface area (Å²) in [5.74, 6) is -0.257. The molecule has 0 aliphatic heterocycles. The fourth-order valence-electron chi connectivity index (χ4n) is 2.47. The maximum atomic E-state index is 12.4. The number of nitrogens with one attached hydrogen (secondary N) is 1. The van der Waals surface area contributed by atoms with Gasteiger partial charge in [-0.15, -0.1) is 0 Å². The molecule has 2 aromatic heterocycles. The molecule has 0 aliphatic carbocycles. The number of nitrogens with two attached hydrogens (primary N) is 1. The summed E-state index contributed by atoms with van der Waals surface area (Å²) in [4.78, 5) is 16.4. The zero-order valence-electron chi connectivity index (χ0n) is 13.7. The van der Waals surface area contributed by atoms with Crippen LogP contribution in [0.4, 0.5) is 5.69 Å². The Morgan fingerprint density at radius 1 is 1.24 bits per heavy atom. The molecule has 6 nitrogen and oxygen atoms in total. The van der Waals surface area contributed by atoms with E-state index in [-0.39, 0.29) is 5.91 Å². The number of nitrogens with zero attached hydrogens (tertiary/aromatic N) is 3. The van der Waals surface area contributed by atoms with Crippen LogP contribution in [0, 0.1) is 6.92 Å². The van der Waals surface area contributed by atoms with Gasteiger partial charge in [0.1, 0.15) is 0 Å². The largest absolute Gasteiger partial charge is 0.322 e. The first kappa shape index (κ1) is 17.1. The third-order valence-electron chi connectivity index (χ3n) is 3.88. The van der Waals surface area contributed by atoms with Crippen molar-refractivity contribution in [3.63, 3.8) is 0 Å². The molecule has 0 unspecified atom stereocenters. The van der Waals surface area contributed by atoms with Crippen molar-refractivity contribution in [2.75, 3.05) is 5.32 Å². The molecule has 0 bridgehead atoms. The quantitative estimate of drug-likeness (QED) is 0.736. The van der Waals surface area contributed by atoms with E-state index in [4.69, 9.17) is 17.3 Å². The molecule has 1 amide bonds. The van der Waals surface area contributed by atoms with E-state index in [1.54, 1.807) is 35.4 Å². The summed E-state index contributed by atoms with van der Waals surface area (Å²) in [6.07, 6.45) is 5.43. The molecule has 0 radical (unpaired) electrons. The SMILES string of the molecule is Cc1c(NC(=O)[C@@H](N)Cc2ccc(Cl)cc2)cnn1-c1ccncc1. The molecule has 128 valence electrons. The second kappa shape index (κ2) is 7.46. The van der Waals surface area contributed by atoms with Crippen LogP contribution in [0.3, 0.4) is 0 Å². The zero-order chi connectivity index (χ0) is 17.8. The summed E-state index contributed by atoms with van der Waals surface area (Å²) in [5.41, 5.74) is 9.30. The predicted molar refractivity (Wildman–Crippen MR) is 97.9 cm³/mol. The maximum absolute atomic E-state index is 12.4. The Hall–Kier alpha value is -2.70. The van der Waals surface area contributed by atoms with Gasteiger partial charge in [0.15, 0.2) is 0 Å². The lowest BCUT2D eigenvalue weighted by Gasteiger charge is -2.12. The fourth-order valence-corrected chi connectivity index (χ4v) is 2.60. The number of halogens is 1. The van der Waals surface area contributed by atoms with Crippen molar-refractivity contribution in [2.24, 2.45) is 5.73 Å². The Balaban J connectivity index is 1.68. The van der Waals surface area contributed by atoms with Crippen LogP contribution < -0.4 is 11.1 Å². The minimum atomic E-state index is -0.662. The van der Waals surface area contributed by atoms with Gasteiger partial charge in [0.2, 0.25) is 5.91 Å². The molecule has 2 heterocycles. The van der Waals surface area contributed by atoms with Gasteiger partial charge >= 0.3 is 0 Å². The van der Waals surface area contributed by atoms with E-state index < -0.39 is 6.04 Å². The summed E-state index contributed by atoms with van der Waals surface area (Å²) in [6.45, 7) is 1.88. The van der Waals surface area contributed by atoms with Gasteiger partial charge in [-0.25, -0.2) is 4.68 Å². The van der Waals surface area contributed by atoms with Crippen molar-refractivity contribution in [1.29, 1.82) is 0 Å². The molecule has 3 rings (SSSR count). The molecular weight excluding hydrogens is 338 g/mol. The molecule has 1 atom stereocenters. The van der Waals surface area contributed by atoms with Gasteiger partial charge in [0, 0.05) is 17.4 Å².